The van der Waals surface area contributed by atoms with Crippen molar-refractivity contribution in [3.63, 3.8) is 0 Å². The number of rotatable bonds is 5. The second-order valence-corrected chi connectivity index (χ2v) is 7.40. The minimum absolute atomic E-state index is 0.0559. The quantitative estimate of drug-likeness (QED) is 0.732. The highest BCUT2D eigenvalue weighted by Gasteiger charge is 2.17. The molecule has 0 fully saturated rings. The van der Waals surface area contributed by atoms with Crippen molar-refractivity contribution in [3.05, 3.63) is 52.2 Å². The molecule has 25 heavy (non-hydrogen) atoms. The first kappa shape index (κ1) is 17.4. The Morgan fingerprint density at radius 2 is 1.96 bits per heavy atom. The van der Waals surface area contributed by atoms with E-state index in [4.69, 9.17) is 0 Å². The number of aromatic nitrogens is 2. The van der Waals surface area contributed by atoms with Crippen LogP contribution in [0.15, 0.2) is 30.6 Å². The van der Waals surface area contributed by atoms with Gasteiger partial charge in [-0.2, -0.15) is 0 Å². The molecule has 3 rings (SSSR count). The molecule has 0 aliphatic heterocycles. The van der Waals surface area contributed by atoms with Crippen LogP contribution in [-0.2, 0) is 11.3 Å². The van der Waals surface area contributed by atoms with Gasteiger partial charge in [-0.3, -0.25) is 4.79 Å². The van der Waals surface area contributed by atoms with Crippen LogP contribution in [-0.4, -0.2) is 21.9 Å². The van der Waals surface area contributed by atoms with Gasteiger partial charge < -0.3 is 10.6 Å². The zero-order valence-electron chi connectivity index (χ0n) is 14.9. The van der Waals surface area contributed by atoms with Crippen LogP contribution in [0.25, 0.3) is 10.2 Å². The highest BCUT2D eigenvalue weighted by atomic mass is 32.1. The second kappa shape index (κ2) is 7.19. The lowest BCUT2D eigenvalue weighted by Crippen LogP contribution is -2.37. The summed E-state index contributed by atoms with van der Waals surface area (Å²) >= 11 is 1.65. The lowest BCUT2D eigenvalue weighted by Gasteiger charge is -2.16. The molecule has 0 saturated heterocycles. The van der Waals surface area contributed by atoms with E-state index in [1.165, 1.54) is 16.8 Å². The first-order valence-electron chi connectivity index (χ1n) is 8.27. The number of amides is 1. The van der Waals surface area contributed by atoms with E-state index in [1.807, 2.05) is 38.1 Å². The number of benzene rings is 1. The minimum atomic E-state index is -0.387. The normalized spacial score (nSPS) is 12.2. The monoisotopic (exact) mass is 354 g/mol. The van der Waals surface area contributed by atoms with Gasteiger partial charge in [0.15, 0.2) is 0 Å². The van der Waals surface area contributed by atoms with Crippen molar-refractivity contribution < 1.29 is 4.79 Å². The van der Waals surface area contributed by atoms with Gasteiger partial charge in [0.05, 0.1) is 5.39 Å². The fourth-order valence-corrected chi connectivity index (χ4v) is 3.70. The summed E-state index contributed by atoms with van der Waals surface area (Å²) < 4.78 is 0. The van der Waals surface area contributed by atoms with Gasteiger partial charge in [0.25, 0.3) is 0 Å². The maximum atomic E-state index is 12.4. The number of aryl methyl sites for hydroxylation is 3. The molecular weight excluding hydrogens is 332 g/mol. The number of anilines is 1. The molecule has 0 radical (unpaired) electrons. The number of carbonyl (C=O) groups is 1. The number of hydrogen-bond acceptors (Lipinski definition) is 5. The van der Waals surface area contributed by atoms with Gasteiger partial charge in [-0.25, -0.2) is 9.97 Å². The Bertz CT molecular complexity index is 919. The summed E-state index contributed by atoms with van der Waals surface area (Å²) in [4.78, 5) is 23.3. The lowest BCUT2D eigenvalue weighted by molar-refractivity contribution is -0.121. The van der Waals surface area contributed by atoms with Crippen molar-refractivity contribution >= 4 is 33.3 Å². The summed E-state index contributed by atoms with van der Waals surface area (Å²) in [6.45, 7) is 8.54. The van der Waals surface area contributed by atoms with Crippen LogP contribution < -0.4 is 10.6 Å². The van der Waals surface area contributed by atoms with Crippen molar-refractivity contribution in [2.45, 2.75) is 40.3 Å². The van der Waals surface area contributed by atoms with Gasteiger partial charge in [-0.1, -0.05) is 24.3 Å². The smallest absolute Gasteiger partial charge is 0.242 e. The molecule has 0 spiro atoms. The van der Waals surface area contributed by atoms with E-state index in [1.54, 1.807) is 11.3 Å². The Morgan fingerprint density at radius 1 is 1.20 bits per heavy atom. The molecule has 0 aliphatic rings. The standard InChI is InChI=1S/C19H22N4OS/c1-11-7-5-6-8-15(11)9-20-18(24)13(3)23-17-16-12(2)14(4)25-19(16)22-10-21-17/h5-8,10,13H,9H2,1-4H3,(H,20,24)(H,21,22,23)/t13-/m0/s1. The van der Waals surface area contributed by atoms with Crippen LogP contribution in [0, 0.1) is 20.8 Å². The zero-order chi connectivity index (χ0) is 18.0. The van der Waals surface area contributed by atoms with E-state index in [-0.39, 0.29) is 11.9 Å². The van der Waals surface area contributed by atoms with Crippen molar-refractivity contribution in [2.75, 3.05) is 5.32 Å². The average molecular weight is 354 g/mol. The predicted molar refractivity (Wildman–Crippen MR) is 103 cm³/mol. The van der Waals surface area contributed by atoms with Gasteiger partial charge in [0.2, 0.25) is 5.91 Å². The Hall–Kier alpha value is -2.47. The molecule has 6 heteroatoms. The molecule has 2 N–H and O–H groups in total. The summed E-state index contributed by atoms with van der Waals surface area (Å²) in [5.74, 6) is 0.657. The third-order valence-corrected chi connectivity index (χ3v) is 5.54. The molecule has 0 unspecified atom stereocenters. The molecule has 5 nitrogen and oxygen atoms in total. The van der Waals surface area contributed by atoms with Crippen LogP contribution in [0.5, 0.6) is 0 Å². The molecule has 1 aromatic carbocycles. The average Bonchev–Trinajstić information content (AvgIpc) is 2.89. The fourth-order valence-electron chi connectivity index (χ4n) is 2.71. The van der Waals surface area contributed by atoms with E-state index in [0.29, 0.717) is 12.4 Å². The van der Waals surface area contributed by atoms with Gasteiger partial charge in [-0.05, 0) is 44.4 Å². The second-order valence-electron chi connectivity index (χ2n) is 6.20. The first-order chi connectivity index (χ1) is 12.0. The fraction of sp³-hybridized carbons (Fsp3) is 0.316. The van der Waals surface area contributed by atoms with E-state index in [9.17, 15) is 4.79 Å². The van der Waals surface area contributed by atoms with E-state index in [0.717, 1.165) is 21.3 Å². The molecule has 130 valence electrons. The Kier molecular flexibility index (Phi) is 4.99. The van der Waals surface area contributed by atoms with Crippen molar-refractivity contribution in [3.8, 4) is 0 Å². The summed E-state index contributed by atoms with van der Waals surface area (Å²) in [5.41, 5.74) is 3.46. The Labute approximate surface area is 151 Å². The van der Waals surface area contributed by atoms with E-state index in [2.05, 4.69) is 34.4 Å². The third kappa shape index (κ3) is 3.64. The summed E-state index contributed by atoms with van der Waals surface area (Å²) in [7, 11) is 0. The van der Waals surface area contributed by atoms with Gasteiger partial charge >= 0.3 is 0 Å². The van der Waals surface area contributed by atoms with Gasteiger partial charge in [-0.15, -0.1) is 11.3 Å². The van der Waals surface area contributed by atoms with Crippen LogP contribution in [0.3, 0.4) is 0 Å². The topological polar surface area (TPSA) is 66.9 Å². The largest absolute Gasteiger partial charge is 0.358 e. The van der Waals surface area contributed by atoms with Gasteiger partial charge in [0, 0.05) is 11.4 Å². The maximum Gasteiger partial charge on any atom is 0.242 e. The molecule has 0 saturated carbocycles. The number of nitrogens with zero attached hydrogens (tertiary/aromatic N) is 2. The van der Waals surface area contributed by atoms with Crippen LogP contribution in [0.1, 0.15) is 28.5 Å². The molecule has 0 aliphatic carbocycles. The van der Waals surface area contributed by atoms with Crippen LogP contribution in [0.4, 0.5) is 5.82 Å². The minimum Gasteiger partial charge on any atom is -0.358 e. The summed E-state index contributed by atoms with van der Waals surface area (Å²) in [6.07, 6.45) is 1.54. The van der Waals surface area contributed by atoms with Crippen LogP contribution in [0.2, 0.25) is 0 Å². The summed E-state index contributed by atoms with van der Waals surface area (Å²) in [5, 5.41) is 7.22. The van der Waals surface area contributed by atoms with E-state index < -0.39 is 0 Å². The van der Waals surface area contributed by atoms with Crippen molar-refractivity contribution in [1.29, 1.82) is 0 Å². The van der Waals surface area contributed by atoms with E-state index >= 15 is 0 Å². The van der Waals surface area contributed by atoms with Gasteiger partial charge in [0.1, 0.15) is 23.0 Å². The number of nitrogens with one attached hydrogen (secondary N) is 2. The highest BCUT2D eigenvalue weighted by molar-refractivity contribution is 7.18. The van der Waals surface area contributed by atoms with Crippen LogP contribution >= 0.6 is 11.3 Å². The lowest BCUT2D eigenvalue weighted by atomic mass is 10.1. The van der Waals surface area contributed by atoms with Crippen molar-refractivity contribution in [1.82, 2.24) is 15.3 Å². The third-order valence-electron chi connectivity index (χ3n) is 4.43. The first-order valence-corrected chi connectivity index (χ1v) is 9.08. The molecule has 2 heterocycles. The predicted octanol–water partition coefficient (Wildman–Crippen LogP) is 3.73. The number of fused-ring (bicyclic) bond motifs is 1. The molecule has 0 bridgehead atoms. The molecule has 1 amide bonds. The molecule has 3 aromatic rings. The molecule has 1 atom stereocenters. The molecule has 2 aromatic heterocycles. The maximum absolute atomic E-state index is 12.4. The number of thiophene rings is 1. The zero-order valence-corrected chi connectivity index (χ0v) is 15.7. The summed E-state index contributed by atoms with van der Waals surface area (Å²) in [6, 6.07) is 7.66. The Balaban J connectivity index is 1.71. The Morgan fingerprint density at radius 3 is 2.72 bits per heavy atom. The SMILES string of the molecule is Cc1ccccc1CNC(=O)[C@H](C)Nc1ncnc2sc(C)c(C)c12. The number of hydrogen-bond donors (Lipinski definition) is 2. The highest BCUT2D eigenvalue weighted by Crippen LogP contribution is 2.32. The van der Waals surface area contributed by atoms with Crippen molar-refractivity contribution in [2.24, 2.45) is 0 Å². The number of carbonyl (C=O) groups excluding carboxylic acids is 1. The molecular formula is C19H22N4OS.